The van der Waals surface area contributed by atoms with Gasteiger partial charge in [0.1, 0.15) is 0 Å². The van der Waals surface area contributed by atoms with Gasteiger partial charge in [0, 0.05) is 18.8 Å². The molecule has 0 saturated heterocycles. The number of carbonyl (C=O) groups excluding carboxylic acids is 2. The fourth-order valence-electron chi connectivity index (χ4n) is 4.01. The molecule has 1 aromatic heterocycles. The van der Waals surface area contributed by atoms with E-state index in [-0.39, 0.29) is 12.3 Å². The minimum absolute atomic E-state index is 0.0369. The van der Waals surface area contributed by atoms with Gasteiger partial charge in [-0.25, -0.2) is 4.79 Å². The summed E-state index contributed by atoms with van der Waals surface area (Å²) in [6.45, 7) is 10.3. The van der Waals surface area contributed by atoms with Gasteiger partial charge in [-0.2, -0.15) is 0 Å². The molecule has 2 aromatic rings. The Labute approximate surface area is 177 Å². The number of carbonyl (C=O) groups is 2. The van der Waals surface area contributed by atoms with E-state index >= 15 is 0 Å². The van der Waals surface area contributed by atoms with Gasteiger partial charge < -0.3 is 19.2 Å². The molecule has 3 rings (SSSR count). The average Bonchev–Trinajstić information content (AvgIpc) is 3.02. The number of aromatic nitrogens is 1. The monoisotopic (exact) mass is 414 g/mol. The number of rotatable bonds is 8. The minimum Gasteiger partial charge on any atom is -0.490 e. The number of esters is 1. The maximum absolute atomic E-state index is 13.0. The molecular formula is C23H30N2O5. The van der Waals surface area contributed by atoms with E-state index < -0.39 is 5.97 Å². The van der Waals surface area contributed by atoms with Crippen molar-refractivity contribution >= 4 is 11.8 Å². The molecule has 0 unspecified atom stereocenters. The number of methoxy groups -OCH3 is 1. The lowest BCUT2D eigenvalue weighted by molar-refractivity contribution is 0.0599. The second-order valence-corrected chi connectivity index (χ2v) is 7.43. The van der Waals surface area contributed by atoms with Gasteiger partial charge in [0.15, 0.2) is 17.3 Å². The maximum atomic E-state index is 13.0. The number of benzene rings is 1. The maximum Gasteiger partial charge on any atom is 0.339 e. The molecule has 0 aliphatic carbocycles. The van der Waals surface area contributed by atoms with Gasteiger partial charge in [-0.15, -0.1) is 0 Å². The molecule has 1 aliphatic rings. The van der Waals surface area contributed by atoms with Crippen LogP contribution in [0.2, 0.25) is 0 Å². The molecule has 0 saturated carbocycles. The summed E-state index contributed by atoms with van der Waals surface area (Å²) in [6.07, 6.45) is 0.839. The number of fused-ring (bicyclic) bond motifs is 1. The number of Topliss-reactive ketones (excluding diaryl/α,β-unsaturated/α-hetero) is 1. The SMILES string of the molecule is CCOc1cc2c(cc1OCC)CN(CC(=O)c1[nH]c(C)c(C(=O)OC)c1C)CC2. The molecule has 0 amide bonds. The molecule has 1 N–H and O–H groups in total. The van der Waals surface area contributed by atoms with Crippen LogP contribution in [0.3, 0.4) is 0 Å². The highest BCUT2D eigenvalue weighted by Gasteiger charge is 2.26. The number of nitrogens with zero attached hydrogens (tertiary/aromatic N) is 1. The summed E-state index contributed by atoms with van der Waals surface area (Å²) < 4.78 is 16.3. The Morgan fingerprint density at radius 3 is 2.30 bits per heavy atom. The van der Waals surface area contributed by atoms with Crippen LogP contribution in [0.4, 0.5) is 0 Å². The number of ether oxygens (including phenoxy) is 3. The number of hydrogen-bond donors (Lipinski definition) is 1. The van der Waals surface area contributed by atoms with Crippen LogP contribution in [0.25, 0.3) is 0 Å². The van der Waals surface area contributed by atoms with Gasteiger partial charge >= 0.3 is 5.97 Å². The lowest BCUT2D eigenvalue weighted by Gasteiger charge is -2.29. The Morgan fingerprint density at radius 2 is 1.70 bits per heavy atom. The van der Waals surface area contributed by atoms with Crippen molar-refractivity contribution in [3.05, 3.63) is 45.8 Å². The zero-order valence-corrected chi connectivity index (χ0v) is 18.4. The Hall–Kier alpha value is -2.80. The van der Waals surface area contributed by atoms with Crippen LogP contribution >= 0.6 is 0 Å². The third kappa shape index (κ3) is 4.36. The van der Waals surface area contributed by atoms with Gasteiger partial charge in [-0.1, -0.05) is 0 Å². The molecule has 162 valence electrons. The van der Waals surface area contributed by atoms with Crippen molar-refractivity contribution < 1.29 is 23.8 Å². The van der Waals surface area contributed by atoms with E-state index in [1.807, 2.05) is 19.9 Å². The first-order valence-corrected chi connectivity index (χ1v) is 10.3. The second kappa shape index (κ2) is 9.34. The fraction of sp³-hybridized carbons (Fsp3) is 0.478. The van der Waals surface area contributed by atoms with Gasteiger partial charge in [0.2, 0.25) is 0 Å². The standard InChI is InChI=1S/C23H30N2O5/c1-6-29-19-10-16-8-9-25(12-17(16)11-20(19)30-7-2)13-18(26)22-14(3)21(15(4)24-22)23(27)28-5/h10-11,24H,6-9,12-13H2,1-5H3. The molecule has 7 nitrogen and oxygen atoms in total. The molecule has 1 aliphatic heterocycles. The fourth-order valence-corrected chi connectivity index (χ4v) is 4.01. The van der Waals surface area contributed by atoms with Gasteiger partial charge in [-0.3, -0.25) is 9.69 Å². The Morgan fingerprint density at radius 1 is 1.07 bits per heavy atom. The smallest absolute Gasteiger partial charge is 0.339 e. The zero-order valence-electron chi connectivity index (χ0n) is 18.4. The molecule has 0 fully saturated rings. The van der Waals surface area contributed by atoms with Crippen molar-refractivity contribution in [1.29, 1.82) is 0 Å². The number of nitrogens with one attached hydrogen (secondary N) is 1. The molecule has 7 heteroatoms. The molecule has 1 aromatic carbocycles. The van der Waals surface area contributed by atoms with Crippen LogP contribution in [0, 0.1) is 13.8 Å². The van der Waals surface area contributed by atoms with Gasteiger partial charge in [0.05, 0.1) is 38.1 Å². The van der Waals surface area contributed by atoms with Crippen molar-refractivity contribution in [3.8, 4) is 11.5 Å². The Balaban J connectivity index is 1.77. The molecule has 0 atom stereocenters. The van der Waals surface area contributed by atoms with Crippen LogP contribution in [-0.2, 0) is 17.7 Å². The lowest BCUT2D eigenvalue weighted by Crippen LogP contribution is -2.35. The molecule has 0 radical (unpaired) electrons. The number of hydrogen-bond acceptors (Lipinski definition) is 6. The van der Waals surface area contributed by atoms with Crippen molar-refractivity contribution in [2.75, 3.05) is 33.4 Å². The first-order chi connectivity index (χ1) is 14.4. The quantitative estimate of drug-likeness (QED) is 0.526. The van der Waals surface area contributed by atoms with E-state index in [0.717, 1.165) is 30.0 Å². The van der Waals surface area contributed by atoms with Crippen molar-refractivity contribution in [1.82, 2.24) is 9.88 Å². The van der Waals surface area contributed by atoms with Crippen molar-refractivity contribution in [3.63, 3.8) is 0 Å². The molecule has 0 spiro atoms. The first kappa shape index (κ1) is 21.9. The van der Waals surface area contributed by atoms with E-state index in [0.29, 0.717) is 42.3 Å². The zero-order chi connectivity index (χ0) is 21.8. The van der Waals surface area contributed by atoms with Crippen LogP contribution in [0.15, 0.2) is 12.1 Å². The molecular weight excluding hydrogens is 384 g/mol. The number of aromatic amines is 1. The number of H-pyrrole nitrogens is 1. The third-order valence-electron chi connectivity index (χ3n) is 5.43. The Bertz CT molecular complexity index is 948. The van der Waals surface area contributed by atoms with Gasteiger partial charge in [-0.05, 0) is 62.9 Å². The van der Waals surface area contributed by atoms with E-state index in [4.69, 9.17) is 14.2 Å². The van der Waals surface area contributed by atoms with E-state index in [1.165, 1.54) is 12.7 Å². The summed E-state index contributed by atoms with van der Waals surface area (Å²) in [5.74, 6) is 1.05. The highest BCUT2D eigenvalue weighted by atomic mass is 16.5. The summed E-state index contributed by atoms with van der Waals surface area (Å²) >= 11 is 0. The highest BCUT2D eigenvalue weighted by molar-refractivity contribution is 6.02. The lowest BCUT2D eigenvalue weighted by atomic mass is 9.98. The third-order valence-corrected chi connectivity index (χ3v) is 5.43. The highest BCUT2D eigenvalue weighted by Crippen LogP contribution is 2.34. The van der Waals surface area contributed by atoms with Crippen molar-refractivity contribution in [2.45, 2.75) is 40.7 Å². The molecule has 0 bridgehead atoms. The summed E-state index contributed by atoms with van der Waals surface area (Å²) in [7, 11) is 1.34. The predicted molar refractivity (Wildman–Crippen MR) is 114 cm³/mol. The summed E-state index contributed by atoms with van der Waals surface area (Å²) in [5.41, 5.74) is 4.58. The largest absolute Gasteiger partial charge is 0.490 e. The predicted octanol–water partition coefficient (Wildman–Crippen LogP) is 3.46. The summed E-state index contributed by atoms with van der Waals surface area (Å²) in [6, 6.07) is 4.09. The summed E-state index contributed by atoms with van der Waals surface area (Å²) in [5, 5.41) is 0. The van der Waals surface area contributed by atoms with Crippen LogP contribution in [-0.4, -0.2) is 55.0 Å². The number of aryl methyl sites for hydroxylation is 1. The normalized spacial score (nSPS) is 13.6. The average molecular weight is 415 g/mol. The van der Waals surface area contributed by atoms with E-state index in [9.17, 15) is 9.59 Å². The number of ketones is 1. The van der Waals surface area contributed by atoms with E-state index in [2.05, 4.69) is 16.0 Å². The molecule has 2 heterocycles. The van der Waals surface area contributed by atoms with Crippen LogP contribution in [0.1, 0.15) is 57.1 Å². The van der Waals surface area contributed by atoms with Crippen molar-refractivity contribution in [2.24, 2.45) is 0 Å². The van der Waals surface area contributed by atoms with Crippen LogP contribution < -0.4 is 9.47 Å². The topological polar surface area (TPSA) is 80.9 Å². The summed E-state index contributed by atoms with van der Waals surface area (Å²) in [4.78, 5) is 30.1. The van der Waals surface area contributed by atoms with Gasteiger partial charge in [0.25, 0.3) is 0 Å². The van der Waals surface area contributed by atoms with E-state index in [1.54, 1.807) is 13.8 Å². The molecule has 30 heavy (non-hydrogen) atoms. The first-order valence-electron chi connectivity index (χ1n) is 10.3. The van der Waals surface area contributed by atoms with Crippen LogP contribution in [0.5, 0.6) is 11.5 Å². The second-order valence-electron chi connectivity index (χ2n) is 7.43. The Kier molecular flexibility index (Phi) is 6.82. The minimum atomic E-state index is -0.430.